The Bertz CT molecular complexity index is 1260. The van der Waals surface area contributed by atoms with Gasteiger partial charge in [-0.15, -0.1) is 0 Å². The monoisotopic (exact) mass is 479 g/mol. The number of aliphatic hydroxyl groups is 3. The van der Waals surface area contributed by atoms with Gasteiger partial charge in [0, 0.05) is 29.6 Å². The standard InChI is InChI=1S/C17H21N4O9P.Na/c1-7-3-9-10(4-8(7)2)21(15-13(18-9)16(25)20-17(26)19-15)5-11(22)14(24)12(23)6-30-31(27,28)29;/h3-4,11-12,14,22-24H,5-6H2,1-2H3,(H,20,25,26)(H2,27,28,29);/t11-,12+,14-;/m0./s1. The number of aryl methyl sites for hydroxylation is 2. The number of fused-ring (bicyclic) bond motifs is 2. The summed E-state index contributed by atoms with van der Waals surface area (Å²) in [5.41, 5.74) is 0.618. The zero-order chi connectivity index (χ0) is 23.1. The third kappa shape index (κ3) is 5.88. The summed E-state index contributed by atoms with van der Waals surface area (Å²) in [6.45, 7) is 2.29. The molecule has 3 atom stereocenters. The van der Waals surface area contributed by atoms with Crippen LogP contribution in [0, 0.1) is 13.8 Å². The number of phosphoric ester groups is 1. The van der Waals surface area contributed by atoms with E-state index < -0.39 is 50.5 Å². The summed E-state index contributed by atoms with van der Waals surface area (Å²) in [6.07, 6.45) is -5.40. The topological polar surface area (TPSA) is 208 Å². The van der Waals surface area contributed by atoms with E-state index in [4.69, 9.17) is 9.79 Å². The van der Waals surface area contributed by atoms with Gasteiger partial charge in [-0.05, 0) is 37.1 Å². The molecule has 32 heavy (non-hydrogen) atoms. The third-order valence-electron chi connectivity index (χ3n) is 4.80. The fourth-order valence-corrected chi connectivity index (χ4v) is 3.41. The Labute approximate surface area is 202 Å². The van der Waals surface area contributed by atoms with Gasteiger partial charge < -0.3 is 29.7 Å². The molecule has 6 N–H and O–H groups in total. The first-order valence-electron chi connectivity index (χ1n) is 9.03. The molecule has 1 radical (unpaired) electrons. The van der Waals surface area contributed by atoms with E-state index in [1.807, 2.05) is 18.8 Å². The summed E-state index contributed by atoms with van der Waals surface area (Å²) in [5.74, 6) is -0.142. The predicted molar refractivity (Wildman–Crippen MR) is 112 cm³/mol. The number of aromatic nitrogens is 4. The molecule has 2 aliphatic heterocycles. The molecule has 3 rings (SSSR count). The molecule has 13 nitrogen and oxygen atoms in total. The normalized spacial score (nSPS) is 14.8. The fraction of sp³-hybridized carbons (Fsp3) is 0.412. The van der Waals surface area contributed by atoms with Crippen LogP contribution in [0.3, 0.4) is 0 Å². The molecule has 0 aliphatic carbocycles. The molecule has 0 unspecified atom stereocenters. The van der Waals surface area contributed by atoms with Crippen molar-refractivity contribution in [3.63, 3.8) is 0 Å². The summed E-state index contributed by atoms with van der Waals surface area (Å²) in [7, 11) is -4.89. The molecule has 0 spiro atoms. The van der Waals surface area contributed by atoms with E-state index in [2.05, 4.69) is 14.5 Å². The van der Waals surface area contributed by atoms with Crippen molar-refractivity contribution in [1.82, 2.24) is 19.5 Å². The van der Waals surface area contributed by atoms with Gasteiger partial charge in [0.2, 0.25) is 0 Å². The Kier molecular flexibility index (Phi) is 8.51. The SMILES string of the molecule is Cc1cc2nc3c(=O)[nH]c(=O)nc-3n(C[C@H](O)[C@H](O)[C@H](O)COP(=O)(O)O)c2cc1C.[Na]. The van der Waals surface area contributed by atoms with Crippen LogP contribution >= 0.6 is 7.82 Å². The number of hydrogen-bond acceptors (Lipinski definition) is 9. The van der Waals surface area contributed by atoms with E-state index in [1.165, 1.54) is 4.57 Å². The van der Waals surface area contributed by atoms with Crippen molar-refractivity contribution < 1.29 is 34.2 Å². The molecule has 1 aromatic rings. The van der Waals surface area contributed by atoms with Gasteiger partial charge in [0.15, 0.2) is 11.5 Å². The maximum Gasteiger partial charge on any atom is 0.469 e. The van der Waals surface area contributed by atoms with Crippen molar-refractivity contribution in [3.05, 3.63) is 44.1 Å². The van der Waals surface area contributed by atoms with Crippen LogP contribution in [-0.4, -0.2) is 99.1 Å². The van der Waals surface area contributed by atoms with E-state index in [1.54, 1.807) is 12.1 Å². The van der Waals surface area contributed by atoms with Crippen LogP contribution < -0.4 is 11.2 Å². The number of nitrogens with zero attached hydrogens (tertiary/aromatic N) is 3. The summed E-state index contributed by atoms with van der Waals surface area (Å²) < 4.78 is 16.2. The molecule has 0 bridgehead atoms. The number of rotatable bonds is 7. The van der Waals surface area contributed by atoms with Crippen molar-refractivity contribution in [1.29, 1.82) is 0 Å². The second kappa shape index (κ2) is 10.2. The Hall–Kier alpha value is -1.51. The number of aromatic amines is 1. The zero-order valence-corrected chi connectivity index (χ0v) is 20.4. The van der Waals surface area contributed by atoms with E-state index >= 15 is 0 Å². The maximum absolute atomic E-state index is 12.2. The van der Waals surface area contributed by atoms with Gasteiger partial charge in [0.05, 0.1) is 24.2 Å². The number of hydrogen-bond donors (Lipinski definition) is 6. The van der Waals surface area contributed by atoms with Crippen LogP contribution in [0.4, 0.5) is 0 Å². The van der Waals surface area contributed by atoms with Crippen LogP contribution in [-0.2, 0) is 15.6 Å². The van der Waals surface area contributed by atoms with Crippen molar-refractivity contribution in [2.75, 3.05) is 6.61 Å². The van der Waals surface area contributed by atoms with Crippen LogP contribution in [0.25, 0.3) is 22.6 Å². The second-order valence-corrected chi connectivity index (χ2v) is 8.34. The van der Waals surface area contributed by atoms with Crippen molar-refractivity contribution >= 4 is 48.4 Å². The molecule has 0 amide bonds. The summed E-state index contributed by atoms with van der Waals surface area (Å²) in [5, 5.41) is 30.5. The molecule has 1 aromatic carbocycles. The number of benzene rings is 1. The van der Waals surface area contributed by atoms with Gasteiger partial charge in [-0.25, -0.2) is 14.3 Å². The molecule has 15 heteroatoms. The first-order chi connectivity index (χ1) is 14.4. The molecular formula is C17H21N4NaO9P. The zero-order valence-electron chi connectivity index (χ0n) is 17.5. The van der Waals surface area contributed by atoms with E-state index in [0.29, 0.717) is 11.0 Å². The molecule has 2 heterocycles. The number of aliphatic hydroxyl groups excluding tert-OH is 3. The first-order valence-corrected chi connectivity index (χ1v) is 10.6. The predicted octanol–water partition coefficient (Wildman–Crippen LogP) is -1.99. The van der Waals surface area contributed by atoms with Gasteiger partial charge in [0.1, 0.15) is 18.3 Å². The van der Waals surface area contributed by atoms with Crippen LogP contribution in [0.1, 0.15) is 11.1 Å². The minimum absolute atomic E-state index is 0. The van der Waals surface area contributed by atoms with Crippen molar-refractivity contribution in [2.24, 2.45) is 0 Å². The molecule has 0 aromatic heterocycles. The van der Waals surface area contributed by atoms with Crippen LogP contribution in [0.5, 0.6) is 0 Å². The Balaban J connectivity index is 0.00000363. The Morgan fingerprint density at radius 3 is 2.34 bits per heavy atom. The van der Waals surface area contributed by atoms with Crippen molar-refractivity contribution in [2.45, 2.75) is 38.7 Å². The number of H-pyrrole nitrogens is 1. The minimum atomic E-state index is -4.89. The molecule has 169 valence electrons. The third-order valence-corrected chi connectivity index (χ3v) is 5.28. The van der Waals surface area contributed by atoms with Gasteiger partial charge in [0.25, 0.3) is 5.56 Å². The molecular weight excluding hydrogens is 458 g/mol. The van der Waals surface area contributed by atoms with Crippen LogP contribution in [0.15, 0.2) is 21.7 Å². The van der Waals surface area contributed by atoms with Gasteiger partial charge >= 0.3 is 13.5 Å². The number of phosphoric acid groups is 1. The molecule has 0 saturated carbocycles. The largest absolute Gasteiger partial charge is 0.469 e. The van der Waals surface area contributed by atoms with Crippen molar-refractivity contribution in [3.8, 4) is 11.5 Å². The maximum atomic E-state index is 12.2. The quantitative estimate of drug-likeness (QED) is 0.124. The van der Waals surface area contributed by atoms with E-state index in [9.17, 15) is 29.5 Å². The Morgan fingerprint density at radius 2 is 1.72 bits per heavy atom. The van der Waals surface area contributed by atoms with Gasteiger partial charge in [-0.1, -0.05) is 0 Å². The Morgan fingerprint density at radius 1 is 1.09 bits per heavy atom. The average Bonchev–Trinajstić information content (AvgIpc) is 2.67. The second-order valence-electron chi connectivity index (χ2n) is 7.10. The van der Waals surface area contributed by atoms with E-state index in [0.717, 1.165) is 11.1 Å². The minimum Gasteiger partial charge on any atom is -0.388 e. The summed E-state index contributed by atoms with van der Waals surface area (Å²) >= 11 is 0. The van der Waals surface area contributed by atoms with Gasteiger partial charge in [-0.2, -0.15) is 4.98 Å². The molecule has 0 fully saturated rings. The van der Waals surface area contributed by atoms with E-state index in [-0.39, 0.29) is 41.1 Å². The van der Waals surface area contributed by atoms with Crippen LogP contribution in [0.2, 0.25) is 0 Å². The first kappa shape index (κ1) is 26.7. The molecule has 2 aliphatic rings. The van der Waals surface area contributed by atoms with Gasteiger partial charge in [-0.3, -0.25) is 14.3 Å². The average molecular weight is 479 g/mol. The number of nitrogens with one attached hydrogen (secondary N) is 1. The summed E-state index contributed by atoms with van der Waals surface area (Å²) in [6, 6.07) is 3.41. The molecule has 0 saturated heterocycles. The smallest absolute Gasteiger partial charge is 0.388 e. The fourth-order valence-electron chi connectivity index (χ4n) is 3.06. The summed E-state index contributed by atoms with van der Waals surface area (Å²) in [4.78, 5) is 51.5.